The molecule has 1 saturated heterocycles. The Kier molecular flexibility index (Phi) is 8.09. The van der Waals surface area contributed by atoms with Gasteiger partial charge in [-0.3, -0.25) is 19.2 Å². The number of amides is 2. The molecule has 5 rings (SSSR count). The van der Waals surface area contributed by atoms with Crippen LogP contribution >= 0.6 is 0 Å². The summed E-state index contributed by atoms with van der Waals surface area (Å²) in [5.41, 5.74) is 11.3. The number of carbonyl (C=O) groups excluding carboxylic acids is 2. The molecule has 208 valence electrons. The van der Waals surface area contributed by atoms with Gasteiger partial charge in [0, 0.05) is 63.1 Å². The minimum atomic E-state index is -0.467. The maximum Gasteiger partial charge on any atom is 0.248 e. The Balaban J connectivity index is 1.42. The predicted molar refractivity (Wildman–Crippen MR) is 152 cm³/mol. The van der Waals surface area contributed by atoms with Crippen molar-refractivity contribution in [2.75, 3.05) is 33.4 Å². The molecule has 3 N–H and O–H groups in total. The van der Waals surface area contributed by atoms with Crippen molar-refractivity contribution in [3.05, 3.63) is 89.4 Å². The van der Waals surface area contributed by atoms with Crippen LogP contribution < -0.4 is 11.1 Å². The molecule has 10 nitrogen and oxygen atoms in total. The average molecular weight is 542 g/mol. The Morgan fingerprint density at radius 3 is 2.62 bits per heavy atom. The van der Waals surface area contributed by atoms with Crippen LogP contribution in [0.15, 0.2) is 67.0 Å². The summed E-state index contributed by atoms with van der Waals surface area (Å²) in [6.45, 7) is 4.77. The maximum absolute atomic E-state index is 13.6. The number of methoxy groups -OCH3 is 1. The molecule has 3 heterocycles. The Morgan fingerprint density at radius 2 is 1.93 bits per heavy atom. The van der Waals surface area contributed by atoms with Gasteiger partial charge < -0.3 is 15.8 Å². The van der Waals surface area contributed by atoms with E-state index in [1.54, 1.807) is 24.1 Å². The van der Waals surface area contributed by atoms with Gasteiger partial charge in [0.25, 0.3) is 0 Å². The first-order chi connectivity index (χ1) is 19.3. The Morgan fingerprint density at radius 1 is 1.12 bits per heavy atom. The Labute approximate surface area is 233 Å². The van der Waals surface area contributed by atoms with Gasteiger partial charge in [0.15, 0.2) is 0 Å². The van der Waals surface area contributed by atoms with E-state index in [0.717, 1.165) is 46.9 Å². The molecule has 1 aliphatic heterocycles. The van der Waals surface area contributed by atoms with Gasteiger partial charge in [-0.1, -0.05) is 30.3 Å². The second-order valence-corrected chi connectivity index (χ2v) is 10.3. The van der Waals surface area contributed by atoms with Crippen molar-refractivity contribution >= 4 is 11.8 Å². The molecule has 0 spiro atoms. The lowest BCUT2D eigenvalue weighted by Gasteiger charge is -2.21. The molecule has 1 fully saturated rings. The van der Waals surface area contributed by atoms with Crippen molar-refractivity contribution < 1.29 is 14.3 Å². The minimum absolute atomic E-state index is 0.00573. The van der Waals surface area contributed by atoms with Gasteiger partial charge in [-0.25, -0.2) is 4.68 Å². The number of benzene rings is 2. The molecule has 0 unspecified atom stereocenters. The number of likely N-dealkylation sites (tertiary alicyclic amines) is 1. The van der Waals surface area contributed by atoms with E-state index in [0.29, 0.717) is 18.7 Å². The van der Waals surface area contributed by atoms with Crippen LogP contribution in [0, 0.1) is 6.92 Å². The van der Waals surface area contributed by atoms with Crippen molar-refractivity contribution in [2.45, 2.75) is 25.3 Å². The van der Waals surface area contributed by atoms with E-state index in [1.165, 1.54) is 0 Å². The molecule has 40 heavy (non-hydrogen) atoms. The first-order valence-corrected chi connectivity index (χ1v) is 13.4. The summed E-state index contributed by atoms with van der Waals surface area (Å²) >= 11 is 0. The van der Waals surface area contributed by atoms with Gasteiger partial charge in [0.05, 0.1) is 36.3 Å². The number of hydrogen-bond acceptors (Lipinski definition) is 6. The van der Waals surface area contributed by atoms with Crippen molar-refractivity contribution in [2.24, 2.45) is 12.8 Å². The van der Waals surface area contributed by atoms with Crippen molar-refractivity contribution in [1.29, 1.82) is 0 Å². The predicted octanol–water partition coefficient (Wildman–Crippen LogP) is 2.45. The van der Waals surface area contributed by atoms with Crippen LogP contribution in [0.3, 0.4) is 0 Å². The molecule has 10 heteroatoms. The molecule has 2 amide bonds. The topological polar surface area (TPSA) is 120 Å². The fraction of sp³-hybridized carbons (Fsp3) is 0.333. The number of nitrogens with one attached hydrogen (secondary N) is 1. The molecular formula is C30H35N7O3. The molecule has 4 aromatic rings. The fourth-order valence-electron chi connectivity index (χ4n) is 5.44. The number of rotatable bonds is 10. The third-order valence-electron chi connectivity index (χ3n) is 7.50. The zero-order valence-electron chi connectivity index (χ0n) is 23.1. The van der Waals surface area contributed by atoms with E-state index in [-0.39, 0.29) is 24.3 Å². The van der Waals surface area contributed by atoms with E-state index in [9.17, 15) is 9.59 Å². The molecule has 1 aliphatic rings. The molecule has 2 aromatic heterocycles. The van der Waals surface area contributed by atoms with Crippen LogP contribution in [-0.2, 0) is 23.0 Å². The van der Waals surface area contributed by atoms with Gasteiger partial charge in [-0.05, 0) is 42.3 Å². The second kappa shape index (κ2) is 11.8. The van der Waals surface area contributed by atoms with E-state index in [1.807, 2.05) is 73.4 Å². The largest absolute Gasteiger partial charge is 0.383 e. The molecule has 2 aromatic carbocycles. The number of nitrogens with two attached hydrogens (primary N) is 1. The number of aryl methyl sites for hydroxylation is 1. The third-order valence-corrected chi connectivity index (χ3v) is 7.50. The summed E-state index contributed by atoms with van der Waals surface area (Å²) in [5, 5.41) is 12.5. The van der Waals surface area contributed by atoms with E-state index in [2.05, 4.69) is 15.3 Å². The van der Waals surface area contributed by atoms with Gasteiger partial charge in [-0.2, -0.15) is 10.2 Å². The van der Waals surface area contributed by atoms with Crippen LogP contribution in [0.25, 0.3) is 16.9 Å². The van der Waals surface area contributed by atoms with Gasteiger partial charge in [-0.15, -0.1) is 0 Å². The minimum Gasteiger partial charge on any atom is -0.383 e. The van der Waals surface area contributed by atoms with Crippen LogP contribution in [0.5, 0.6) is 0 Å². The van der Waals surface area contributed by atoms with E-state index in [4.69, 9.17) is 15.6 Å². The molecule has 2 atom stereocenters. The number of ether oxygens (including phenoxy) is 1. The molecular weight excluding hydrogens is 506 g/mol. The molecule has 0 radical (unpaired) electrons. The molecule has 0 saturated carbocycles. The van der Waals surface area contributed by atoms with E-state index < -0.39 is 5.91 Å². The van der Waals surface area contributed by atoms with E-state index >= 15 is 0 Å². The molecule has 0 bridgehead atoms. The zero-order valence-corrected chi connectivity index (χ0v) is 23.1. The normalized spacial score (nSPS) is 17.3. The summed E-state index contributed by atoms with van der Waals surface area (Å²) in [7, 11) is 3.55. The maximum atomic E-state index is 13.6. The fourth-order valence-corrected chi connectivity index (χ4v) is 5.44. The van der Waals surface area contributed by atoms with Crippen molar-refractivity contribution in [3.63, 3.8) is 0 Å². The lowest BCUT2D eigenvalue weighted by molar-refractivity contribution is -0.121. The van der Waals surface area contributed by atoms with Crippen LogP contribution in [0.2, 0.25) is 0 Å². The highest BCUT2D eigenvalue weighted by Gasteiger charge is 2.35. The highest BCUT2D eigenvalue weighted by atomic mass is 16.5. The second-order valence-electron chi connectivity index (χ2n) is 10.3. The van der Waals surface area contributed by atoms with Crippen molar-refractivity contribution in [1.82, 2.24) is 29.8 Å². The third kappa shape index (κ3) is 5.83. The Bertz CT molecular complexity index is 1490. The quantitative estimate of drug-likeness (QED) is 0.318. The summed E-state index contributed by atoms with van der Waals surface area (Å²) in [6.07, 6.45) is 3.87. The highest BCUT2D eigenvalue weighted by molar-refractivity contribution is 5.93. The van der Waals surface area contributed by atoms with Crippen LogP contribution in [-0.4, -0.2) is 75.7 Å². The van der Waals surface area contributed by atoms with Crippen LogP contribution in [0.1, 0.15) is 33.1 Å². The summed E-state index contributed by atoms with van der Waals surface area (Å²) in [4.78, 5) is 27.7. The van der Waals surface area contributed by atoms with Crippen molar-refractivity contribution in [3.8, 4) is 16.9 Å². The summed E-state index contributed by atoms with van der Waals surface area (Å²) < 4.78 is 8.89. The lowest BCUT2D eigenvalue weighted by Crippen LogP contribution is -2.41. The number of nitrogens with zero attached hydrogens (tertiary/aromatic N) is 5. The standard InChI is InChI=1S/C30H35N7O3/c1-20-27(37(24-10-5-4-6-11-24)34-29(20)23-16-32-35(2)17-23)15-28(38)33-26-19-36(12-13-40-3)18-25(26)21-8-7-9-22(14-21)30(31)39/h4-11,14,16-17,25-26H,12-13,15,18-19H2,1-3H3,(H2,31,39)(H,33,38)/t25-,26+/m0/s1. The van der Waals surface area contributed by atoms with Gasteiger partial charge in [0.2, 0.25) is 11.8 Å². The number of para-hydroxylation sites is 1. The lowest BCUT2D eigenvalue weighted by atomic mass is 9.92. The summed E-state index contributed by atoms with van der Waals surface area (Å²) in [5.74, 6) is -0.551. The zero-order chi connectivity index (χ0) is 28.2. The number of carbonyl (C=O) groups is 2. The number of hydrogen-bond donors (Lipinski definition) is 2. The number of aromatic nitrogens is 4. The Hall–Kier alpha value is -4.28. The van der Waals surface area contributed by atoms with Gasteiger partial charge in [0.1, 0.15) is 0 Å². The summed E-state index contributed by atoms with van der Waals surface area (Å²) in [6, 6.07) is 17.1. The smallest absolute Gasteiger partial charge is 0.248 e. The monoisotopic (exact) mass is 541 g/mol. The first-order valence-electron chi connectivity index (χ1n) is 13.4. The highest BCUT2D eigenvalue weighted by Crippen LogP contribution is 2.30. The van der Waals surface area contributed by atoms with Gasteiger partial charge >= 0.3 is 0 Å². The SMILES string of the molecule is COCCN1C[C@@H](NC(=O)Cc2c(C)c(-c3cnn(C)c3)nn2-c2ccccc2)[C@H](c2cccc(C(N)=O)c2)C1. The number of primary amides is 1. The molecule has 0 aliphatic carbocycles. The van der Waals surface area contributed by atoms with Crippen LogP contribution in [0.4, 0.5) is 0 Å². The first kappa shape index (κ1) is 27.3. The average Bonchev–Trinajstić information content (AvgIpc) is 3.65.